The van der Waals surface area contributed by atoms with Crippen molar-refractivity contribution >= 4 is 5.91 Å². The summed E-state index contributed by atoms with van der Waals surface area (Å²) in [6, 6.07) is 8.02. The Morgan fingerprint density at radius 2 is 2.26 bits per heavy atom. The Labute approximate surface area is 115 Å². The number of amides is 1. The minimum Gasteiger partial charge on any atom is -0.334 e. The third kappa shape index (κ3) is 3.16. The molecule has 1 saturated heterocycles. The van der Waals surface area contributed by atoms with Gasteiger partial charge in [-0.1, -0.05) is 31.0 Å². The van der Waals surface area contributed by atoms with Crippen LogP contribution in [-0.4, -0.2) is 29.9 Å². The summed E-state index contributed by atoms with van der Waals surface area (Å²) >= 11 is 0. The topological polar surface area (TPSA) is 46.3 Å². The highest BCUT2D eigenvalue weighted by molar-refractivity contribution is 5.94. The molecule has 1 aromatic rings. The molecule has 1 fully saturated rings. The van der Waals surface area contributed by atoms with Crippen LogP contribution in [0.3, 0.4) is 0 Å². The van der Waals surface area contributed by atoms with Crippen LogP contribution in [0, 0.1) is 12.8 Å². The second kappa shape index (κ2) is 6.20. The van der Waals surface area contributed by atoms with Crippen LogP contribution in [0.15, 0.2) is 24.3 Å². The molecule has 1 aliphatic heterocycles. The Balaban J connectivity index is 2.14. The lowest BCUT2D eigenvalue weighted by Gasteiger charge is -2.39. The number of carbonyl (C=O) groups is 1. The van der Waals surface area contributed by atoms with Gasteiger partial charge in [-0.3, -0.25) is 4.79 Å². The van der Waals surface area contributed by atoms with Crippen molar-refractivity contribution in [2.75, 3.05) is 13.1 Å². The number of hydrogen-bond acceptors (Lipinski definition) is 2. The first-order valence-electron chi connectivity index (χ1n) is 7.23. The van der Waals surface area contributed by atoms with Crippen molar-refractivity contribution in [2.45, 2.75) is 39.2 Å². The van der Waals surface area contributed by atoms with Crippen molar-refractivity contribution in [3.05, 3.63) is 35.4 Å². The maximum Gasteiger partial charge on any atom is 0.254 e. The molecule has 2 atom stereocenters. The molecule has 1 amide bonds. The van der Waals surface area contributed by atoms with Gasteiger partial charge < -0.3 is 10.6 Å². The van der Waals surface area contributed by atoms with Crippen molar-refractivity contribution in [2.24, 2.45) is 11.7 Å². The minimum absolute atomic E-state index is 0.133. The van der Waals surface area contributed by atoms with Gasteiger partial charge in [0.2, 0.25) is 0 Å². The molecule has 1 heterocycles. The third-order valence-electron chi connectivity index (χ3n) is 4.20. The van der Waals surface area contributed by atoms with Crippen molar-refractivity contribution in [3.8, 4) is 0 Å². The van der Waals surface area contributed by atoms with E-state index in [0.717, 1.165) is 36.4 Å². The van der Waals surface area contributed by atoms with Crippen LogP contribution in [0.2, 0.25) is 0 Å². The van der Waals surface area contributed by atoms with Gasteiger partial charge in [-0.2, -0.15) is 0 Å². The van der Waals surface area contributed by atoms with E-state index >= 15 is 0 Å². The van der Waals surface area contributed by atoms with Crippen LogP contribution in [0.4, 0.5) is 0 Å². The van der Waals surface area contributed by atoms with Crippen molar-refractivity contribution < 1.29 is 4.79 Å². The zero-order valence-electron chi connectivity index (χ0n) is 11.9. The van der Waals surface area contributed by atoms with Gasteiger partial charge in [0.25, 0.3) is 5.91 Å². The van der Waals surface area contributed by atoms with E-state index in [1.807, 2.05) is 36.1 Å². The van der Waals surface area contributed by atoms with E-state index < -0.39 is 0 Å². The molecule has 3 heteroatoms. The molecule has 0 spiro atoms. The molecule has 2 unspecified atom stereocenters. The maximum atomic E-state index is 12.6. The highest BCUT2D eigenvalue weighted by Gasteiger charge is 2.30. The van der Waals surface area contributed by atoms with Crippen LogP contribution in [0.1, 0.15) is 42.1 Å². The lowest BCUT2D eigenvalue weighted by Crippen LogP contribution is -2.49. The molecule has 0 bridgehead atoms. The van der Waals surface area contributed by atoms with Crippen molar-refractivity contribution in [3.63, 3.8) is 0 Å². The average molecular weight is 260 g/mol. The number of aryl methyl sites for hydroxylation is 1. The number of likely N-dealkylation sites (tertiary alicyclic amines) is 1. The van der Waals surface area contributed by atoms with E-state index in [9.17, 15) is 4.79 Å². The summed E-state index contributed by atoms with van der Waals surface area (Å²) in [5.41, 5.74) is 7.77. The van der Waals surface area contributed by atoms with E-state index in [1.165, 1.54) is 6.42 Å². The lowest BCUT2D eigenvalue weighted by atomic mass is 9.88. The molecule has 19 heavy (non-hydrogen) atoms. The van der Waals surface area contributed by atoms with Gasteiger partial charge in [0.05, 0.1) is 0 Å². The molecule has 0 radical (unpaired) electrons. The highest BCUT2D eigenvalue weighted by atomic mass is 16.2. The maximum absolute atomic E-state index is 12.6. The second-order valence-corrected chi connectivity index (χ2v) is 5.56. The van der Waals surface area contributed by atoms with Crippen LogP contribution < -0.4 is 5.73 Å². The predicted molar refractivity (Wildman–Crippen MR) is 78.1 cm³/mol. The summed E-state index contributed by atoms with van der Waals surface area (Å²) in [5.74, 6) is 0.851. The number of nitrogens with zero attached hydrogens (tertiary/aromatic N) is 1. The molecule has 2 rings (SSSR count). The molecule has 0 aliphatic carbocycles. The third-order valence-corrected chi connectivity index (χ3v) is 4.20. The van der Waals surface area contributed by atoms with Crippen LogP contribution in [-0.2, 0) is 0 Å². The molecule has 3 nitrogen and oxygen atoms in total. The summed E-state index contributed by atoms with van der Waals surface area (Å²) < 4.78 is 0. The zero-order valence-corrected chi connectivity index (χ0v) is 11.9. The fourth-order valence-corrected chi connectivity index (χ4v) is 2.94. The van der Waals surface area contributed by atoms with Gasteiger partial charge in [-0.25, -0.2) is 0 Å². The Morgan fingerprint density at radius 3 is 2.89 bits per heavy atom. The first-order valence-corrected chi connectivity index (χ1v) is 7.23. The van der Waals surface area contributed by atoms with E-state index in [0.29, 0.717) is 6.54 Å². The number of nitrogens with two attached hydrogens (primary N) is 1. The molecular formula is C16H24N2O. The quantitative estimate of drug-likeness (QED) is 0.908. The highest BCUT2D eigenvalue weighted by Crippen LogP contribution is 2.26. The van der Waals surface area contributed by atoms with Crippen molar-refractivity contribution in [1.82, 2.24) is 4.90 Å². The lowest BCUT2D eigenvalue weighted by molar-refractivity contribution is 0.0558. The number of hydrogen-bond donors (Lipinski definition) is 1. The fourth-order valence-electron chi connectivity index (χ4n) is 2.94. The standard InChI is InChI=1S/C16H24N2O/c1-3-13-7-8-18(15(10-13)11-17)16(19)14-6-4-5-12(2)9-14/h4-6,9,13,15H,3,7-8,10-11,17H2,1-2H3. The van der Waals surface area contributed by atoms with Gasteiger partial charge in [0.1, 0.15) is 0 Å². The molecule has 1 aromatic carbocycles. The predicted octanol–water partition coefficient (Wildman–Crippen LogP) is 2.58. The van der Waals surface area contributed by atoms with E-state index in [1.54, 1.807) is 0 Å². The van der Waals surface area contributed by atoms with E-state index in [4.69, 9.17) is 5.73 Å². The molecule has 0 aromatic heterocycles. The first-order chi connectivity index (χ1) is 9.15. The second-order valence-electron chi connectivity index (χ2n) is 5.56. The Hall–Kier alpha value is -1.35. The van der Waals surface area contributed by atoms with Crippen LogP contribution in [0.25, 0.3) is 0 Å². The smallest absolute Gasteiger partial charge is 0.254 e. The molecule has 104 valence electrons. The summed E-state index contributed by atoms with van der Waals surface area (Å²) in [6.45, 7) is 5.64. The zero-order chi connectivity index (χ0) is 13.8. The van der Waals surface area contributed by atoms with Gasteiger partial charge >= 0.3 is 0 Å². The Morgan fingerprint density at radius 1 is 1.47 bits per heavy atom. The summed E-state index contributed by atoms with van der Waals surface area (Å²) in [5, 5.41) is 0. The van der Waals surface area contributed by atoms with Crippen LogP contribution >= 0.6 is 0 Å². The monoisotopic (exact) mass is 260 g/mol. The summed E-state index contributed by atoms with van der Waals surface area (Å²) in [4.78, 5) is 14.6. The number of carbonyl (C=O) groups excluding carboxylic acids is 1. The van der Waals surface area contributed by atoms with E-state index in [2.05, 4.69) is 6.92 Å². The fraction of sp³-hybridized carbons (Fsp3) is 0.562. The normalized spacial score (nSPS) is 23.4. The van der Waals surface area contributed by atoms with Crippen molar-refractivity contribution in [1.29, 1.82) is 0 Å². The summed E-state index contributed by atoms with van der Waals surface area (Å²) in [7, 11) is 0. The Bertz CT molecular complexity index is 444. The Kier molecular flexibility index (Phi) is 4.59. The minimum atomic E-state index is 0.133. The first kappa shape index (κ1) is 14.1. The average Bonchev–Trinajstić information content (AvgIpc) is 2.45. The van der Waals surface area contributed by atoms with Gasteiger partial charge in [0.15, 0.2) is 0 Å². The molecule has 1 aliphatic rings. The molecular weight excluding hydrogens is 236 g/mol. The number of piperidine rings is 1. The van der Waals surface area contributed by atoms with E-state index in [-0.39, 0.29) is 11.9 Å². The van der Waals surface area contributed by atoms with Gasteiger partial charge in [-0.05, 0) is 37.8 Å². The number of benzene rings is 1. The van der Waals surface area contributed by atoms with Gasteiger partial charge in [-0.15, -0.1) is 0 Å². The largest absolute Gasteiger partial charge is 0.334 e. The SMILES string of the molecule is CCC1CCN(C(=O)c2cccc(C)c2)C(CN)C1. The van der Waals surface area contributed by atoms with Crippen LogP contribution in [0.5, 0.6) is 0 Å². The van der Waals surface area contributed by atoms with Gasteiger partial charge in [0, 0.05) is 24.7 Å². The number of rotatable bonds is 3. The molecule has 0 saturated carbocycles. The summed E-state index contributed by atoms with van der Waals surface area (Å²) in [6.07, 6.45) is 3.33. The molecule has 2 N–H and O–H groups in total.